The van der Waals surface area contributed by atoms with Crippen LogP contribution in [0.25, 0.3) is 0 Å². The molecule has 0 radical (unpaired) electrons. The maximum Gasteiger partial charge on any atom is 0.239 e. The van der Waals surface area contributed by atoms with Crippen molar-refractivity contribution in [2.75, 3.05) is 13.7 Å². The average molecular weight is 276 g/mol. The SMILES string of the molecule is COCC(N)C(=O)NC(c1ccccc1)C1CCCC1. The number of nitrogens with one attached hydrogen (secondary N) is 1. The number of hydrogen-bond donors (Lipinski definition) is 2. The van der Waals surface area contributed by atoms with Crippen LogP contribution in [0.5, 0.6) is 0 Å². The van der Waals surface area contributed by atoms with Gasteiger partial charge in [0.05, 0.1) is 12.6 Å². The number of hydrogen-bond acceptors (Lipinski definition) is 3. The number of carbonyl (C=O) groups excluding carboxylic acids is 1. The maximum atomic E-state index is 12.2. The molecule has 0 spiro atoms. The molecular weight excluding hydrogens is 252 g/mol. The summed E-state index contributed by atoms with van der Waals surface area (Å²) in [6, 6.07) is 9.63. The lowest BCUT2D eigenvalue weighted by molar-refractivity contribution is -0.124. The van der Waals surface area contributed by atoms with E-state index < -0.39 is 6.04 Å². The number of nitrogens with two attached hydrogens (primary N) is 1. The van der Waals surface area contributed by atoms with E-state index in [1.165, 1.54) is 25.7 Å². The molecule has 1 aromatic rings. The summed E-state index contributed by atoms with van der Waals surface area (Å²) in [5.74, 6) is 0.378. The van der Waals surface area contributed by atoms with E-state index in [1.54, 1.807) is 7.11 Å². The van der Waals surface area contributed by atoms with Crippen molar-refractivity contribution >= 4 is 5.91 Å². The van der Waals surface area contributed by atoms with Gasteiger partial charge in [-0.05, 0) is 24.3 Å². The van der Waals surface area contributed by atoms with Crippen molar-refractivity contribution in [3.8, 4) is 0 Å². The third-order valence-electron chi connectivity index (χ3n) is 4.01. The van der Waals surface area contributed by atoms with Crippen LogP contribution in [0.4, 0.5) is 0 Å². The monoisotopic (exact) mass is 276 g/mol. The summed E-state index contributed by atoms with van der Waals surface area (Å²) in [6.07, 6.45) is 4.82. The van der Waals surface area contributed by atoms with Crippen LogP contribution < -0.4 is 11.1 Å². The third kappa shape index (κ3) is 3.81. The zero-order valence-electron chi connectivity index (χ0n) is 12.0. The second-order valence-corrected chi connectivity index (χ2v) is 5.50. The van der Waals surface area contributed by atoms with Gasteiger partial charge in [0.15, 0.2) is 0 Å². The molecule has 0 aliphatic heterocycles. The molecule has 1 saturated carbocycles. The molecule has 2 unspecified atom stereocenters. The first-order valence-corrected chi connectivity index (χ1v) is 7.32. The first kappa shape index (κ1) is 15.0. The van der Waals surface area contributed by atoms with Crippen LogP contribution in [0.3, 0.4) is 0 Å². The first-order chi connectivity index (χ1) is 9.72. The third-order valence-corrected chi connectivity index (χ3v) is 4.01. The molecule has 0 saturated heterocycles. The second-order valence-electron chi connectivity index (χ2n) is 5.50. The molecule has 1 aliphatic carbocycles. The molecule has 1 aromatic carbocycles. The highest BCUT2D eigenvalue weighted by atomic mass is 16.5. The van der Waals surface area contributed by atoms with Crippen molar-refractivity contribution in [1.82, 2.24) is 5.32 Å². The predicted octanol–water partition coefficient (Wildman–Crippen LogP) is 2.01. The lowest BCUT2D eigenvalue weighted by atomic mass is 9.91. The Kier molecular flexibility index (Phi) is 5.56. The highest BCUT2D eigenvalue weighted by molar-refractivity contribution is 5.82. The van der Waals surface area contributed by atoms with Gasteiger partial charge in [-0.15, -0.1) is 0 Å². The minimum atomic E-state index is -0.604. The fourth-order valence-corrected chi connectivity index (χ4v) is 2.94. The van der Waals surface area contributed by atoms with E-state index in [4.69, 9.17) is 10.5 Å². The normalized spacial score (nSPS) is 18.7. The molecule has 0 aromatic heterocycles. The van der Waals surface area contributed by atoms with Gasteiger partial charge in [-0.25, -0.2) is 0 Å². The van der Waals surface area contributed by atoms with Gasteiger partial charge in [-0.2, -0.15) is 0 Å². The Balaban J connectivity index is 2.09. The van der Waals surface area contributed by atoms with Crippen LogP contribution >= 0.6 is 0 Å². The standard InChI is InChI=1S/C16H24N2O2/c1-20-11-14(17)16(19)18-15(13-9-5-6-10-13)12-7-3-2-4-8-12/h2-4,7-8,13-15H,5-6,9-11,17H2,1H3,(H,18,19). The molecule has 20 heavy (non-hydrogen) atoms. The summed E-state index contributed by atoms with van der Waals surface area (Å²) < 4.78 is 4.95. The number of benzene rings is 1. The van der Waals surface area contributed by atoms with Gasteiger partial charge in [0.25, 0.3) is 0 Å². The van der Waals surface area contributed by atoms with Gasteiger partial charge in [0.2, 0.25) is 5.91 Å². The first-order valence-electron chi connectivity index (χ1n) is 7.32. The molecule has 0 bridgehead atoms. The molecule has 4 nitrogen and oxygen atoms in total. The van der Waals surface area contributed by atoms with E-state index >= 15 is 0 Å². The Morgan fingerprint density at radius 1 is 1.35 bits per heavy atom. The van der Waals surface area contributed by atoms with E-state index in [0.717, 1.165) is 5.56 Å². The summed E-state index contributed by atoms with van der Waals surface area (Å²) in [4.78, 5) is 12.2. The number of carbonyl (C=O) groups is 1. The van der Waals surface area contributed by atoms with E-state index in [0.29, 0.717) is 5.92 Å². The summed E-state index contributed by atoms with van der Waals surface area (Å²) in [6.45, 7) is 0.248. The highest BCUT2D eigenvalue weighted by Crippen LogP contribution is 2.35. The number of rotatable bonds is 6. The Bertz CT molecular complexity index is 416. The molecule has 1 aliphatic rings. The fraction of sp³-hybridized carbons (Fsp3) is 0.562. The van der Waals surface area contributed by atoms with Crippen LogP contribution in [0.15, 0.2) is 30.3 Å². The molecule has 110 valence electrons. The van der Waals surface area contributed by atoms with Crippen molar-refractivity contribution in [3.05, 3.63) is 35.9 Å². The minimum absolute atomic E-state index is 0.0640. The molecule has 3 N–H and O–H groups in total. The number of ether oxygens (including phenoxy) is 1. The molecule has 1 amide bonds. The molecule has 2 atom stereocenters. The van der Waals surface area contributed by atoms with Crippen LogP contribution in [0.1, 0.15) is 37.3 Å². The van der Waals surface area contributed by atoms with E-state index in [-0.39, 0.29) is 18.6 Å². The topological polar surface area (TPSA) is 64.3 Å². The Labute approximate surface area is 120 Å². The molecule has 1 fully saturated rings. The lowest BCUT2D eigenvalue weighted by Crippen LogP contribution is -2.46. The van der Waals surface area contributed by atoms with Gasteiger partial charge in [-0.3, -0.25) is 4.79 Å². The van der Waals surface area contributed by atoms with Gasteiger partial charge < -0.3 is 15.8 Å². The minimum Gasteiger partial charge on any atom is -0.383 e. The Morgan fingerprint density at radius 3 is 2.60 bits per heavy atom. The summed E-state index contributed by atoms with van der Waals surface area (Å²) in [5.41, 5.74) is 6.98. The van der Waals surface area contributed by atoms with E-state index in [1.807, 2.05) is 18.2 Å². The zero-order valence-corrected chi connectivity index (χ0v) is 12.0. The van der Waals surface area contributed by atoms with E-state index in [9.17, 15) is 4.79 Å². The Morgan fingerprint density at radius 2 is 2.00 bits per heavy atom. The van der Waals surface area contributed by atoms with Crippen LogP contribution in [0, 0.1) is 5.92 Å². The number of methoxy groups -OCH3 is 1. The zero-order chi connectivity index (χ0) is 14.4. The van der Waals surface area contributed by atoms with Gasteiger partial charge in [0, 0.05) is 7.11 Å². The second kappa shape index (κ2) is 7.41. The average Bonchev–Trinajstić information content (AvgIpc) is 2.99. The van der Waals surface area contributed by atoms with E-state index in [2.05, 4.69) is 17.4 Å². The van der Waals surface area contributed by atoms with Crippen LogP contribution in [-0.4, -0.2) is 25.7 Å². The molecular formula is C16H24N2O2. The smallest absolute Gasteiger partial charge is 0.239 e. The highest BCUT2D eigenvalue weighted by Gasteiger charge is 2.28. The van der Waals surface area contributed by atoms with Crippen molar-refractivity contribution in [1.29, 1.82) is 0 Å². The lowest BCUT2D eigenvalue weighted by Gasteiger charge is -2.26. The van der Waals surface area contributed by atoms with Gasteiger partial charge in [0.1, 0.15) is 6.04 Å². The maximum absolute atomic E-state index is 12.2. The largest absolute Gasteiger partial charge is 0.383 e. The van der Waals surface area contributed by atoms with Crippen molar-refractivity contribution in [2.24, 2.45) is 11.7 Å². The summed E-state index contributed by atoms with van der Waals surface area (Å²) in [7, 11) is 1.55. The molecule has 4 heteroatoms. The fourth-order valence-electron chi connectivity index (χ4n) is 2.94. The summed E-state index contributed by atoms with van der Waals surface area (Å²) in [5, 5.41) is 3.12. The molecule has 0 heterocycles. The van der Waals surface area contributed by atoms with Crippen LogP contribution in [-0.2, 0) is 9.53 Å². The quantitative estimate of drug-likeness (QED) is 0.835. The molecule has 2 rings (SSSR count). The number of amides is 1. The van der Waals surface area contributed by atoms with Crippen molar-refractivity contribution < 1.29 is 9.53 Å². The van der Waals surface area contributed by atoms with Crippen LogP contribution in [0.2, 0.25) is 0 Å². The van der Waals surface area contributed by atoms with Crippen molar-refractivity contribution in [2.45, 2.75) is 37.8 Å². The Hall–Kier alpha value is -1.39. The summed E-state index contributed by atoms with van der Waals surface area (Å²) >= 11 is 0. The van der Waals surface area contributed by atoms with Gasteiger partial charge >= 0.3 is 0 Å². The van der Waals surface area contributed by atoms with Gasteiger partial charge in [-0.1, -0.05) is 43.2 Å². The van der Waals surface area contributed by atoms with Crippen molar-refractivity contribution in [3.63, 3.8) is 0 Å². The predicted molar refractivity (Wildman–Crippen MR) is 79.1 cm³/mol.